The van der Waals surface area contributed by atoms with Crippen molar-refractivity contribution in [3.05, 3.63) is 46.6 Å². The highest BCUT2D eigenvalue weighted by atomic mass is 16.4. The summed E-state index contributed by atoms with van der Waals surface area (Å²) in [6, 6.07) is 0.293. The number of aromatic nitrogens is 4. The fourth-order valence-corrected chi connectivity index (χ4v) is 3.92. The molecule has 1 aliphatic rings. The van der Waals surface area contributed by atoms with Crippen LogP contribution in [0.3, 0.4) is 0 Å². The lowest BCUT2D eigenvalue weighted by Gasteiger charge is -2.31. The standard InChI is InChI=1S/C19H27N5O2/c1-6-9-24-17-8-7-14(10-15(17)18(21-24)19(25)26)22(4)11-16-12(2)20-23(5)13(16)3/h6,14H,1,7-11H2,2-5H3,(H,25,26)/t14-/m1/s1. The molecule has 0 radical (unpaired) electrons. The van der Waals surface area contributed by atoms with Crippen molar-refractivity contribution in [2.45, 2.75) is 52.2 Å². The second-order valence-corrected chi connectivity index (χ2v) is 7.13. The smallest absolute Gasteiger partial charge is 0.356 e. The summed E-state index contributed by atoms with van der Waals surface area (Å²) >= 11 is 0. The van der Waals surface area contributed by atoms with Gasteiger partial charge in [-0.3, -0.25) is 14.3 Å². The minimum absolute atomic E-state index is 0.189. The van der Waals surface area contributed by atoms with Crippen LogP contribution in [0.5, 0.6) is 0 Å². The van der Waals surface area contributed by atoms with Gasteiger partial charge in [-0.05, 0) is 40.2 Å². The Morgan fingerprint density at radius 2 is 2.15 bits per heavy atom. The number of aryl methyl sites for hydroxylation is 2. The van der Waals surface area contributed by atoms with Crippen LogP contribution >= 0.6 is 0 Å². The predicted molar refractivity (Wildman–Crippen MR) is 99.3 cm³/mol. The Balaban J connectivity index is 1.83. The average molecular weight is 357 g/mol. The lowest BCUT2D eigenvalue weighted by Crippen LogP contribution is -2.36. The number of hydrogen-bond acceptors (Lipinski definition) is 4. The van der Waals surface area contributed by atoms with Crippen molar-refractivity contribution < 1.29 is 9.90 Å². The van der Waals surface area contributed by atoms with E-state index >= 15 is 0 Å². The molecule has 2 aromatic heterocycles. The molecule has 1 atom stereocenters. The second kappa shape index (κ2) is 7.07. The number of fused-ring (bicyclic) bond motifs is 1. The van der Waals surface area contributed by atoms with E-state index in [1.54, 1.807) is 10.8 Å². The lowest BCUT2D eigenvalue weighted by atomic mass is 9.90. The van der Waals surface area contributed by atoms with Crippen molar-refractivity contribution in [1.82, 2.24) is 24.5 Å². The largest absolute Gasteiger partial charge is 0.476 e. The van der Waals surface area contributed by atoms with Gasteiger partial charge in [-0.1, -0.05) is 6.08 Å². The van der Waals surface area contributed by atoms with Gasteiger partial charge in [0.25, 0.3) is 0 Å². The Morgan fingerprint density at radius 1 is 1.42 bits per heavy atom. The monoisotopic (exact) mass is 357 g/mol. The number of rotatable bonds is 6. The van der Waals surface area contributed by atoms with Crippen molar-refractivity contribution in [2.75, 3.05) is 7.05 Å². The number of carbonyl (C=O) groups is 1. The molecule has 26 heavy (non-hydrogen) atoms. The van der Waals surface area contributed by atoms with Crippen molar-refractivity contribution in [3.63, 3.8) is 0 Å². The van der Waals surface area contributed by atoms with Crippen molar-refractivity contribution in [3.8, 4) is 0 Å². The first-order valence-electron chi connectivity index (χ1n) is 8.95. The highest BCUT2D eigenvalue weighted by Crippen LogP contribution is 2.28. The molecule has 0 aromatic carbocycles. The summed E-state index contributed by atoms with van der Waals surface area (Å²) < 4.78 is 3.71. The summed E-state index contributed by atoms with van der Waals surface area (Å²) in [7, 11) is 4.07. The van der Waals surface area contributed by atoms with E-state index < -0.39 is 5.97 Å². The van der Waals surface area contributed by atoms with Crippen LogP contribution < -0.4 is 0 Å². The Labute approximate surface area is 153 Å². The molecule has 1 aliphatic carbocycles. The first kappa shape index (κ1) is 18.4. The van der Waals surface area contributed by atoms with Crippen LogP contribution in [0.15, 0.2) is 12.7 Å². The normalized spacial score (nSPS) is 16.7. The number of hydrogen-bond donors (Lipinski definition) is 1. The molecule has 0 saturated carbocycles. The molecule has 7 heteroatoms. The number of carboxylic acid groups (broad SMARTS) is 1. The molecule has 0 amide bonds. The van der Waals surface area contributed by atoms with Gasteiger partial charge in [0.15, 0.2) is 5.69 Å². The molecule has 0 bridgehead atoms. The molecule has 0 saturated heterocycles. The van der Waals surface area contributed by atoms with Gasteiger partial charge < -0.3 is 5.11 Å². The van der Waals surface area contributed by atoms with Gasteiger partial charge in [-0.2, -0.15) is 10.2 Å². The molecule has 2 heterocycles. The first-order valence-corrected chi connectivity index (χ1v) is 8.95. The number of carboxylic acids is 1. The van der Waals surface area contributed by atoms with Gasteiger partial charge in [-0.15, -0.1) is 6.58 Å². The summed E-state index contributed by atoms with van der Waals surface area (Å²) in [5.41, 5.74) is 5.59. The Kier molecular flexibility index (Phi) is 5.00. The van der Waals surface area contributed by atoms with Gasteiger partial charge >= 0.3 is 5.97 Å². The fraction of sp³-hybridized carbons (Fsp3) is 0.526. The van der Waals surface area contributed by atoms with Crippen LogP contribution in [0.1, 0.15) is 45.1 Å². The van der Waals surface area contributed by atoms with E-state index in [0.29, 0.717) is 19.0 Å². The second-order valence-electron chi connectivity index (χ2n) is 7.13. The molecule has 1 N–H and O–H groups in total. The Hall–Kier alpha value is -2.41. The number of allylic oxidation sites excluding steroid dienone is 1. The molecule has 0 fully saturated rings. The van der Waals surface area contributed by atoms with Crippen LogP contribution in [0.2, 0.25) is 0 Å². The summed E-state index contributed by atoms with van der Waals surface area (Å²) in [5.74, 6) is -0.952. The zero-order valence-corrected chi connectivity index (χ0v) is 16.0. The van der Waals surface area contributed by atoms with Crippen LogP contribution in [0.4, 0.5) is 0 Å². The maximum absolute atomic E-state index is 11.6. The van der Waals surface area contributed by atoms with Crippen LogP contribution in [-0.4, -0.2) is 48.6 Å². The van der Waals surface area contributed by atoms with Crippen molar-refractivity contribution in [2.24, 2.45) is 7.05 Å². The third-order valence-electron chi connectivity index (χ3n) is 5.51. The third-order valence-corrected chi connectivity index (χ3v) is 5.51. The minimum Gasteiger partial charge on any atom is -0.476 e. The first-order chi connectivity index (χ1) is 12.3. The molecule has 2 aromatic rings. The van der Waals surface area contributed by atoms with E-state index in [1.807, 2.05) is 18.7 Å². The Bertz CT molecular complexity index is 849. The summed E-state index contributed by atoms with van der Waals surface area (Å²) in [4.78, 5) is 13.9. The number of aromatic carboxylic acids is 1. The molecule has 7 nitrogen and oxygen atoms in total. The van der Waals surface area contributed by atoms with E-state index in [9.17, 15) is 9.90 Å². The van der Waals surface area contributed by atoms with E-state index in [1.165, 1.54) is 11.3 Å². The summed E-state index contributed by atoms with van der Waals surface area (Å²) in [6.07, 6.45) is 4.29. The zero-order valence-electron chi connectivity index (χ0n) is 16.0. The zero-order chi connectivity index (χ0) is 19.0. The van der Waals surface area contributed by atoms with E-state index in [0.717, 1.165) is 36.3 Å². The molecule has 3 rings (SSSR count). The van der Waals surface area contributed by atoms with Gasteiger partial charge in [0.2, 0.25) is 0 Å². The van der Waals surface area contributed by atoms with Crippen molar-refractivity contribution >= 4 is 5.97 Å². The summed E-state index contributed by atoms with van der Waals surface area (Å²) in [5, 5.41) is 18.3. The quantitative estimate of drug-likeness (QED) is 0.802. The molecule has 0 spiro atoms. The van der Waals surface area contributed by atoms with Gasteiger partial charge in [-0.25, -0.2) is 4.79 Å². The number of nitrogens with zero attached hydrogens (tertiary/aromatic N) is 5. The molecule has 0 aliphatic heterocycles. The maximum atomic E-state index is 11.6. The third kappa shape index (κ3) is 3.19. The van der Waals surface area contributed by atoms with Crippen LogP contribution in [0.25, 0.3) is 0 Å². The number of likely N-dealkylation sites (N-methyl/N-ethyl adjacent to an activating group) is 1. The fourth-order valence-electron chi connectivity index (χ4n) is 3.92. The molecular formula is C19H27N5O2. The lowest BCUT2D eigenvalue weighted by molar-refractivity contribution is 0.0687. The van der Waals surface area contributed by atoms with Crippen molar-refractivity contribution in [1.29, 1.82) is 0 Å². The highest BCUT2D eigenvalue weighted by Gasteiger charge is 2.31. The van der Waals surface area contributed by atoms with E-state index in [2.05, 4.69) is 35.6 Å². The summed E-state index contributed by atoms with van der Waals surface area (Å²) in [6.45, 7) is 9.23. The van der Waals surface area contributed by atoms with Crippen LogP contribution in [0, 0.1) is 13.8 Å². The molecular weight excluding hydrogens is 330 g/mol. The highest BCUT2D eigenvalue weighted by molar-refractivity contribution is 5.87. The minimum atomic E-state index is -0.952. The maximum Gasteiger partial charge on any atom is 0.356 e. The predicted octanol–water partition coefficient (Wildman–Crippen LogP) is 2.11. The molecule has 140 valence electrons. The topological polar surface area (TPSA) is 76.2 Å². The van der Waals surface area contributed by atoms with Gasteiger partial charge in [0, 0.05) is 42.1 Å². The van der Waals surface area contributed by atoms with Crippen LogP contribution in [-0.2, 0) is 33.0 Å². The average Bonchev–Trinajstić information content (AvgIpc) is 3.07. The van der Waals surface area contributed by atoms with Gasteiger partial charge in [0.1, 0.15) is 0 Å². The SMILES string of the molecule is C=CCn1nc(C(=O)O)c2c1CC[C@@H](N(C)Cc1c(C)nn(C)c1C)C2. The van der Waals surface area contributed by atoms with Gasteiger partial charge in [0.05, 0.1) is 12.2 Å². The Morgan fingerprint density at radius 3 is 2.73 bits per heavy atom. The molecule has 0 unspecified atom stereocenters. The van der Waals surface area contributed by atoms with E-state index in [4.69, 9.17) is 0 Å². The van der Waals surface area contributed by atoms with E-state index in [-0.39, 0.29) is 5.69 Å².